The Morgan fingerprint density at radius 1 is 1.47 bits per heavy atom. The third-order valence-corrected chi connectivity index (χ3v) is 3.66. The minimum atomic E-state index is 0.0662. The van der Waals surface area contributed by atoms with Crippen LogP contribution in [0.15, 0.2) is 5.16 Å². The van der Waals surface area contributed by atoms with Crippen molar-refractivity contribution >= 4 is 5.84 Å². The summed E-state index contributed by atoms with van der Waals surface area (Å²) >= 11 is 0. The topological polar surface area (TPSA) is 65.1 Å². The molecule has 1 aliphatic rings. The Morgan fingerprint density at radius 2 is 2.18 bits per heavy atom. The molecule has 0 aliphatic carbocycles. The molecule has 0 radical (unpaired) electrons. The summed E-state index contributed by atoms with van der Waals surface area (Å²) in [6, 6.07) is 0.559. The number of amidine groups is 1. The lowest BCUT2D eigenvalue weighted by Gasteiger charge is -2.35. The molecule has 1 rings (SSSR count). The van der Waals surface area contributed by atoms with Crippen LogP contribution in [-0.2, 0) is 0 Å². The molecule has 1 aliphatic heterocycles. The zero-order chi connectivity index (χ0) is 12.8. The number of nitrogens with zero attached hydrogens (tertiary/aromatic N) is 3. The van der Waals surface area contributed by atoms with Crippen LogP contribution in [-0.4, -0.2) is 59.6 Å². The van der Waals surface area contributed by atoms with E-state index in [0.717, 1.165) is 38.9 Å². The van der Waals surface area contributed by atoms with E-state index >= 15 is 0 Å². The van der Waals surface area contributed by atoms with Gasteiger partial charge in [-0.3, -0.25) is 4.90 Å². The lowest BCUT2D eigenvalue weighted by atomic mass is 10.1. The van der Waals surface area contributed by atoms with E-state index in [1.54, 1.807) is 0 Å². The van der Waals surface area contributed by atoms with E-state index in [4.69, 9.17) is 10.9 Å². The number of likely N-dealkylation sites (N-methyl/N-ethyl adjacent to an activating group) is 1. The van der Waals surface area contributed by atoms with Gasteiger partial charge in [-0.1, -0.05) is 19.0 Å². The second-order valence-electron chi connectivity index (χ2n) is 4.86. The van der Waals surface area contributed by atoms with E-state index in [0.29, 0.717) is 11.9 Å². The van der Waals surface area contributed by atoms with E-state index in [1.165, 1.54) is 0 Å². The minimum Gasteiger partial charge on any atom is -0.409 e. The van der Waals surface area contributed by atoms with Crippen LogP contribution < -0.4 is 5.73 Å². The molecule has 0 aromatic carbocycles. The van der Waals surface area contributed by atoms with Crippen LogP contribution >= 0.6 is 0 Å². The lowest BCUT2D eigenvalue weighted by molar-refractivity contribution is 0.154. The highest BCUT2D eigenvalue weighted by Crippen LogP contribution is 2.17. The van der Waals surface area contributed by atoms with Crippen molar-refractivity contribution in [3.63, 3.8) is 0 Å². The zero-order valence-electron chi connectivity index (χ0n) is 11.3. The Labute approximate surface area is 104 Å². The van der Waals surface area contributed by atoms with Crippen molar-refractivity contribution in [2.24, 2.45) is 10.9 Å². The number of oxime groups is 1. The van der Waals surface area contributed by atoms with E-state index < -0.39 is 0 Å². The third-order valence-electron chi connectivity index (χ3n) is 3.66. The van der Waals surface area contributed by atoms with Crippen molar-refractivity contribution in [2.75, 3.05) is 26.7 Å². The second kappa shape index (κ2) is 6.81. The minimum absolute atomic E-state index is 0.0662. The molecule has 2 atom stereocenters. The highest BCUT2D eigenvalue weighted by Gasteiger charge is 2.29. The fourth-order valence-electron chi connectivity index (χ4n) is 2.72. The standard InChI is InChI=1S/C12H26N4O/c1-4-10-9-15(3)7-6-8-16(10)11(5-2)12(13)14-17/h10-11,17H,4-9H2,1-3H3,(H2,13,14). The van der Waals surface area contributed by atoms with E-state index in [9.17, 15) is 0 Å². The SMILES string of the molecule is CCC1CN(C)CCCN1C(CC)C(N)=NO. The first kappa shape index (κ1) is 14.3. The summed E-state index contributed by atoms with van der Waals surface area (Å²) < 4.78 is 0. The van der Waals surface area contributed by atoms with Gasteiger partial charge in [-0.05, 0) is 32.9 Å². The molecule has 5 nitrogen and oxygen atoms in total. The number of nitrogens with two attached hydrogens (primary N) is 1. The van der Waals surface area contributed by atoms with Crippen molar-refractivity contribution in [3.8, 4) is 0 Å². The molecule has 0 aromatic rings. The maximum atomic E-state index is 8.87. The zero-order valence-corrected chi connectivity index (χ0v) is 11.3. The predicted molar refractivity (Wildman–Crippen MR) is 70.4 cm³/mol. The van der Waals surface area contributed by atoms with Crippen LogP contribution in [0, 0.1) is 0 Å². The molecule has 2 unspecified atom stereocenters. The van der Waals surface area contributed by atoms with Crippen LogP contribution in [0.5, 0.6) is 0 Å². The molecule has 3 N–H and O–H groups in total. The Hall–Kier alpha value is -0.810. The first-order valence-electron chi connectivity index (χ1n) is 6.55. The van der Waals surface area contributed by atoms with Gasteiger partial charge in [-0.25, -0.2) is 0 Å². The first-order valence-corrected chi connectivity index (χ1v) is 6.55. The fraction of sp³-hybridized carbons (Fsp3) is 0.917. The number of rotatable bonds is 4. The van der Waals surface area contributed by atoms with Crippen LogP contribution in [0.25, 0.3) is 0 Å². The third kappa shape index (κ3) is 3.57. The molecule has 0 spiro atoms. The van der Waals surface area contributed by atoms with Gasteiger partial charge in [-0.15, -0.1) is 0 Å². The smallest absolute Gasteiger partial charge is 0.156 e. The summed E-state index contributed by atoms with van der Waals surface area (Å²) in [7, 11) is 2.16. The summed E-state index contributed by atoms with van der Waals surface area (Å²) in [4.78, 5) is 4.77. The Balaban J connectivity index is 2.82. The van der Waals surface area contributed by atoms with Crippen LogP contribution in [0.1, 0.15) is 33.1 Å². The van der Waals surface area contributed by atoms with Gasteiger partial charge in [0, 0.05) is 19.1 Å². The van der Waals surface area contributed by atoms with Crippen LogP contribution in [0.3, 0.4) is 0 Å². The molecular weight excluding hydrogens is 216 g/mol. The molecule has 0 aromatic heterocycles. The van der Waals surface area contributed by atoms with Gasteiger partial charge in [0.25, 0.3) is 0 Å². The summed E-state index contributed by atoms with van der Waals surface area (Å²) in [5, 5.41) is 12.1. The largest absolute Gasteiger partial charge is 0.409 e. The molecule has 0 amide bonds. The van der Waals surface area contributed by atoms with E-state index in [1.807, 2.05) is 0 Å². The van der Waals surface area contributed by atoms with Gasteiger partial charge in [-0.2, -0.15) is 0 Å². The monoisotopic (exact) mass is 242 g/mol. The maximum Gasteiger partial charge on any atom is 0.156 e. The van der Waals surface area contributed by atoms with E-state index in [-0.39, 0.29) is 6.04 Å². The van der Waals surface area contributed by atoms with Crippen molar-refractivity contribution in [3.05, 3.63) is 0 Å². The summed E-state index contributed by atoms with van der Waals surface area (Å²) in [6.07, 6.45) is 3.12. The fourth-order valence-corrected chi connectivity index (χ4v) is 2.72. The quantitative estimate of drug-likeness (QED) is 0.333. The molecular formula is C12H26N4O. The van der Waals surface area contributed by atoms with Gasteiger partial charge in [0.05, 0.1) is 6.04 Å². The van der Waals surface area contributed by atoms with Crippen LogP contribution in [0.4, 0.5) is 0 Å². The van der Waals surface area contributed by atoms with Gasteiger partial charge < -0.3 is 15.8 Å². The number of hydrogen-bond acceptors (Lipinski definition) is 4. The Morgan fingerprint density at radius 3 is 2.71 bits per heavy atom. The van der Waals surface area contributed by atoms with Crippen molar-refractivity contribution < 1.29 is 5.21 Å². The van der Waals surface area contributed by atoms with E-state index in [2.05, 4.69) is 35.9 Å². The molecule has 0 saturated carbocycles. The molecule has 0 bridgehead atoms. The molecule has 1 heterocycles. The van der Waals surface area contributed by atoms with Crippen LogP contribution in [0.2, 0.25) is 0 Å². The average Bonchev–Trinajstić information content (AvgIpc) is 2.52. The normalized spacial score (nSPS) is 26.8. The first-order chi connectivity index (χ1) is 8.13. The predicted octanol–water partition coefficient (Wildman–Crippen LogP) is 0.928. The van der Waals surface area contributed by atoms with Gasteiger partial charge in [0.15, 0.2) is 5.84 Å². The Bertz CT molecular complexity index is 257. The average molecular weight is 242 g/mol. The summed E-state index contributed by atoms with van der Waals surface area (Å²) in [5.74, 6) is 0.343. The maximum absolute atomic E-state index is 8.87. The van der Waals surface area contributed by atoms with Gasteiger partial charge in [0.2, 0.25) is 0 Å². The van der Waals surface area contributed by atoms with Crippen molar-refractivity contribution in [1.82, 2.24) is 9.80 Å². The second-order valence-corrected chi connectivity index (χ2v) is 4.86. The van der Waals surface area contributed by atoms with Gasteiger partial charge in [0.1, 0.15) is 0 Å². The van der Waals surface area contributed by atoms with Gasteiger partial charge >= 0.3 is 0 Å². The summed E-state index contributed by atoms with van der Waals surface area (Å²) in [5.41, 5.74) is 5.81. The molecule has 5 heteroatoms. The van der Waals surface area contributed by atoms with Crippen molar-refractivity contribution in [2.45, 2.75) is 45.2 Å². The summed E-state index contributed by atoms with van der Waals surface area (Å²) in [6.45, 7) is 7.50. The highest BCUT2D eigenvalue weighted by atomic mass is 16.4. The lowest BCUT2D eigenvalue weighted by Crippen LogP contribution is -2.51. The van der Waals surface area contributed by atoms with Crippen molar-refractivity contribution in [1.29, 1.82) is 0 Å². The molecule has 17 heavy (non-hydrogen) atoms. The number of hydrogen-bond donors (Lipinski definition) is 2. The molecule has 100 valence electrons. The highest BCUT2D eigenvalue weighted by molar-refractivity contribution is 5.85. The molecule has 1 fully saturated rings. The molecule has 1 saturated heterocycles. The Kier molecular flexibility index (Phi) is 5.71.